The summed E-state index contributed by atoms with van der Waals surface area (Å²) >= 11 is 0. The Balaban J connectivity index is 3.21. The van der Waals surface area contributed by atoms with Crippen LogP contribution in [0.25, 0.3) is 0 Å². The van der Waals surface area contributed by atoms with E-state index in [1.54, 1.807) is 13.8 Å². The molecule has 12 heteroatoms. The van der Waals surface area contributed by atoms with Gasteiger partial charge in [-0.3, -0.25) is 8.75 Å². The van der Waals surface area contributed by atoms with Crippen molar-refractivity contribution in [1.82, 2.24) is 0 Å². The van der Waals surface area contributed by atoms with Crippen molar-refractivity contribution in [2.75, 3.05) is 19.6 Å². The lowest BCUT2D eigenvalue weighted by Crippen LogP contribution is -2.17. The summed E-state index contributed by atoms with van der Waals surface area (Å²) < 4.78 is 90.7. The summed E-state index contributed by atoms with van der Waals surface area (Å²) in [6.07, 6.45) is -6.55. The van der Waals surface area contributed by atoms with Crippen LogP contribution in [0.15, 0.2) is 23.1 Å². The summed E-state index contributed by atoms with van der Waals surface area (Å²) in [6.45, 7) is 4.61. The largest absolute Gasteiger partial charge is 0.495 e. The van der Waals surface area contributed by atoms with Crippen molar-refractivity contribution in [3.8, 4) is 5.75 Å². The van der Waals surface area contributed by atoms with Crippen LogP contribution >= 0.6 is 7.37 Å². The average Bonchev–Trinajstić information content (AvgIpc) is 2.56. The first kappa shape index (κ1) is 22.9. The number of alkyl halides is 3. The number of halogens is 3. The number of rotatable bonds is 9. The molecule has 1 unspecified atom stereocenters. The lowest BCUT2D eigenvalue weighted by atomic mass is 10.2. The Hall–Kier alpha value is -1.13. The van der Waals surface area contributed by atoms with Gasteiger partial charge in [-0.1, -0.05) is 13.0 Å². The lowest BCUT2D eigenvalue weighted by Gasteiger charge is -2.19. The van der Waals surface area contributed by atoms with E-state index in [-0.39, 0.29) is 6.16 Å². The molecule has 26 heavy (non-hydrogen) atoms. The monoisotopic (exact) mass is 420 g/mol. The smallest absolute Gasteiger partial charge is 0.417 e. The molecule has 0 heterocycles. The Kier molecular flexibility index (Phi) is 7.67. The molecular weight excluding hydrogens is 400 g/mol. The Morgan fingerprint density at radius 2 is 1.85 bits per heavy atom. The summed E-state index contributed by atoms with van der Waals surface area (Å²) in [5.74, 6) is -0.550. The van der Waals surface area contributed by atoms with Gasteiger partial charge in [-0.2, -0.15) is 26.3 Å². The van der Waals surface area contributed by atoms with Gasteiger partial charge in [0.15, 0.2) is 0 Å². The van der Waals surface area contributed by atoms with E-state index < -0.39 is 52.3 Å². The van der Waals surface area contributed by atoms with Crippen LogP contribution in [0.3, 0.4) is 0 Å². The summed E-state index contributed by atoms with van der Waals surface area (Å²) in [6, 6.07) is 2.62. The number of benzene rings is 1. The van der Waals surface area contributed by atoms with E-state index in [1.165, 1.54) is 6.92 Å². The third-order valence-corrected chi connectivity index (χ3v) is 6.38. The third-order valence-electron chi connectivity index (χ3n) is 3.01. The van der Waals surface area contributed by atoms with E-state index >= 15 is 0 Å². The Labute approximate surface area is 149 Å². The number of ether oxygens (including phenoxy) is 1. The SMILES string of the molecule is CCP(=O)(COS(=O)(=O)c1c(OC)cccc1C(F)(F)F)OOC(C)C. The predicted molar refractivity (Wildman–Crippen MR) is 86.6 cm³/mol. The maximum atomic E-state index is 13.2. The van der Waals surface area contributed by atoms with Crippen LogP contribution in [0.4, 0.5) is 13.2 Å². The second-order valence-electron chi connectivity index (χ2n) is 5.39. The zero-order chi connectivity index (χ0) is 20.2. The molecule has 0 bridgehead atoms. The van der Waals surface area contributed by atoms with Gasteiger partial charge >= 0.3 is 16.3 Å². The van der Waals surface area contributed by atoms with Gasteiger partial charge in [0.25, 0.3) is 7.37 Å². The van der Waals surface area contributed by atoms with Crippen LogP contribution in [0.5, 0.6) is 5.75 Å². The molecule has 1 rings (SSSR count). The van der Waals surface area contributed by atoms with Crippen molar-refractivity contribution in [3.05, 3.63) is 23.8 Å². The molecule has 0 saturated carbocycles. The highest BCUT2D eigenvalue weighted by Gasteiger charge is 2.40. The zero-order valence-electron chi connectivity index (χ0n) is 14.6. The highest BCUT2D eigenvalue weighted by Crippen LogP contribution is 2.48. The van der Waals surface area contributed by atoms with Gasteiger partial charge in [-0.15, -0.1) is 0 Å². The second-order valence-corrected chi connectivity index (χ2v) is 9.61. The zero-order valence-corrected chi connectivity index (χ0v) is 16.3. The molecule has 7 nitrogen and oxygen atoms in total. The number of methoxy groups -OCH3 is 1. The van der Waals surface area contributed by atoms with Gasteiger partial charge in [0.05, 0.1) is 18.8 Å². The molecule has 1 atom stereocenters. The highest BCUT2D eigenvalue weighted by molar-refractivity contribution is 7.87. The molecule has 0 amide bonds. The molecule has 0 fully saturated rings. The molecular formula is C14H20F3O7PS. The Bertz CT molecular complexity index is 762. The van der Waals surface area contributed by atoms with Gasteiger partial charge in [-0.25, -0.2) is 4.89 Å². The Morgan fingerprint density at radius 1 is 1.23 bits per heavy atom. The van der Waals surface area contributed by atoms with E-state index in [0.717, 1.165) is 19.2 Å². The molecule has 0 aromatic heterocycles. The molecule has 0 aliphatic carbocycles. The Morgan fingerprint density at radius 3 is 2.31 bits per heavy atom. The fourth-order valence-electron chi connectivity index (χ4n) is 1.70. The summed E-state index contributed by atoms with van der Waals surface area (Å²) in [5.41, 5.74) is -1.46. The number of hydrogen-bond acceptors (Lipinski definition) is 7. The van der Waals surface area contributed by atoms with E-state index in [4.69, 9.17) is 14.3 Å². The first-order valence-electron chi connectivity index (χ1n) is 7.43. The normalized spacial score (nSPS) is 15.1. The van der Waals surface area contributed by atoms with Crippen molar-refractivity contribution < 1.29 is 44.6 Å². The summed E-state index contributed by atoms with van der Waals surface area (Å²) in [7, 11) is -7.63. The fraction of sp³-hybridized carbons (Fsp3) is 0.571. The van der Waals surface area contributed by atoms with Gasteiger partial charge in [0, 0.05) is 6.16 Å². The second kappa shape index (κ2) is 8.71. The van der Waals surface area contributed by atoms with Crippen molar-refractivity contribution in [2.45, 2.75) is 37.9 Å². The van der Waals surface area contributed by atoms with Crippen molar-refractivity contribution >= 4 is 17.5 Å². The van der Waals surface area contributed by atoms with Crippen LogP contribution in [-0.2, 0) is 34.6 Å². The first-order chi connectivity index (χ1) is 11.9. The first-order valence-corrected chi connectivity index (χ1v) is 10.8. The predicted octanol–water partition coefficient (Wildman–Crippen LogP) is 4.03. The standard InChI is InChI=1S/C14H20F3O7PS/c1-5-25(18,24-23-10(2)3)9-22-26(19,20)13-11(14(15,16)17)7-6-8-12(13)21-4/h6-8,10H,5,9H2,1-4H3. The molecule has 150 valence electrons. The van der Waals surface area contributed by atoms with Gasteiger partial charge in [-0.05, 0) is 26.0 Å². The van der Waals surface area contributed by atoms with Gasteiger partial charge < -0.3 is 4.74 Å². The minimum Gasteiger partial charge on any atom is -0.495 e. The van der Waals surface area contributed by atoms with E-state index in [0.29, 0.717) is 6.07 Å². The van der Waals surface area contributed by atoms with E-state index in [9.17, 15) is 26.2 Å². The number of hydrogen-bond donors (Lipinski definition) is 0. The molecule has 0 aliphatic heterocycles. The van der Waals surface area contributed by atoms with Crippen LogP contribution < -0.4 is 4.74 Å². The van der Waals surface area contributed by atoms with Crippen molar-refractivity contribution in [2.24, 2.45) is 0 Å². The summed E-state index contributed by atoms with van der Waals surface area (Å²) in [5, 5.41) is 0. The maximum Gasteiger partial charge on any atom is 0.417 e. The van der Waals surface area contributed by atoms with Crippen LogP contribution in [0, 0.1) is 0 Å². The van der Waals surface area contributed by atoms with Crippen molar-refractivity contribution in [1.29, 1.82) is 0 Å². The molecule has 1 aromatic rings. The minimum absolute atomic E-state index is 0.146. The van der Waals surface area contributed by atoms with Gasteiger partial charge in [0.1, 0.15) is 17.0 Å². The molecule has 0 saturated heterocycles. The fourth-order valence-corrected chi connectivity index (χ4v) is 4.52. The summed E-state index contributed by atoms with van der Waals surface area (Å²) in [4.78, 5) is 3.56. The quantitative estimate of drug-likeness (QED) is 0.258. The van der Waals surface area contributed by atoms with Crippen molar-refractivity contribution in [3.63, 3.8) is 0 Å². The third kappa shape index (κ3) is 5.95. The molecule has 0 aliphatic rings. The average molecular weight is 420 g/mol. The lowest BCUT2D eigenvalue weighted by molar-refractivity contribution is -0.234. The van der Waals surface area contributed by atoms with Gasteiger partial charge in [0.2, 0.25) is 0 Å². The van der Waals surface area contributed by atoms with Crippen LogP contribution in [-0.4, -0.2) is 34.1 Å². The van der Waals surface area contributed by atoms with E-state index in [2.05, 4.69) is 4.18 Å². The maximum absolute atomic E-state index is 13.2. The molecule has 0 N–H and O–H groups in total. The topological polar surface area (TPSA) is 88.1 Å². The molecule has 1 aromatic carbocycles. The molecule has 0 radical (unpaired) electrons. The van der Waals surface area contributed by atoms with E-state index in [1.807, 2.05) is 0 Å². The minimum atomic E-state index is -4.97. The molecule has 0 spiro atoms. The van der Waals surface area contributed by atoms with Crippen LogP contribution in [0.2, 0.25) is 0 Å². The van der Waals surface area contributed by atoms with Crippen LogP contribution in [0.1, 0.15) is 26.3 Å². The highest BCUT2D eigenvalue weighted by atomic mass is 32.2.